The van der Waals surface area contributed by atoms with Crippen LogP contribution in [-0.2, 0) is 14.2 Å². The van der Waals surface area contributed by atoms with Gasteiger partial charge in [-0.15, -0.1) is 0 Å². The summed E-state index contributed by atoms with van der Waals surface area (Å²) >= 11 is 0. The molecule has 5 atom stereocenters. The lowest BCUT2D eigenvalue weighted by Gasteiger charge is -2.46. The molecule has 1 saturated heterocycles. The molecular weight excluding hydrogens is 274 g/mol. The maximum absolute atomic E-state index is 10.4. The summed E-state index contributed by atoms with van der Waals surface area (Å²) in [5, 5.41) is 20.0. The third-order valence-electron chi connectivity index (χ3n) is 3.68. The molecule has 0 saturated carbocycles. The van der Waals surface area contributed by atoms with E-state index in [1.54, 1.807) is 0 Å². The Morgan fingerprint density at radius 2 is 1.71 bits per heavy atom. The van der Waals surface area contributed by atoms with E-state index in [1.807, 2.05) is 41.5 Å². The molecular formula is C15H31NO5. The topological polar surface area (TPSA) is 94.2 Å². The highest BCUT2D eigenvalue weighted by Crippen LogP contribution is 2.29. The Morgan fingerprint density at radius 1 is 1.14 bits per heavy atom. The minimum atomic E-state index is -0.964. The van der Waals surface area contributed by atoms with Crippen LogP contribution in [0, 0.1) is 0 Å². The maximum atomic E-state index is 10.4. The van der Waals surface area contributed by atoms with E-state index in [1.165, 1.54) is 0 Å². The standard InChI is InChI=1S/C15H31NO5/c1-7-15(5,6)20-12-9(8-17)19-13(10(16)11(12)18)21-14(2,3)4/h9-13,17-18H,7-8,16H2,1-6H3. The van der Waals surface area contributed by atoms with E-state index >= 15 is 0 Å². The Balaban J connectivity index is 2.85. The van der Waals surface area contributed by atoms with Crippen LogP contribution >= 0.6 is 0 Å². The zero-order valence-electron chi connectivity index (χ0n) is 14.0. The van der Waals surface area contributed by atoms with Crippen LogP contribution in [0.4, 0.5) is 0 Å². The molecule has 5 unspecified atom stereocenters. The van der Waals surface area contributed by atoms with E-state index in [2.05, 4.69) is 0 Å². The van der Waals surface area contributed by atoms with Crippen molar-refractivity contribution in [1.82, 2.24) is 0 Å². The van der Waals surface area contributed by atoms with Crippen molar-refractivity contribution in [1.29, 1.82) is 0 Å². The molecule has 0 aromatic rings. The lowest BCUT2D eigenvalue weighted by atomic mass is 9.95. The van der Waals surface area contributed by atoms with Gasteiger partial charge in [-0.1, -0.05) is 6.92 Å². The minimum absolute atomic E-state index is 0.266. The number of hydrogen-bond donors (Lipinski definition) is 3. The van der Waals surface area contributed by atoms with Gasteiger partial charge >= 0.3 is 0 Å². The fraction of sp³-hybridized carbons (Fsp3) is 1.00. The number of aliphatic hydroxyl groups excluding tert-OH is 2. The Bertz CT molecular complexity index is 327. The van der Waals surface area contributed by atoms with Gasteiger partial charge in [-0.25, -0.2) is 0 Å². The van der Waals surface area contributed by atoms with Crippen molar-refractivity contribution in [2.75, 3.05) is 6.61 Å². The van der Waals surface area contributed by atoms with Crippen molar-refractivity contribution in [3.63, 3.8) is 0 Å². The number of hydrogen-bond acceptors (Lipinski definition) is 6. The largest absolute Gasteiger partial charge is 0.394 e. The van der Waals surface area contributed by atoms with Crippen LogP contribution in [0.15, 0.2) is 0 Å². The molecule has 0 bridgehead atoms. The van der Waals surface area contributed by atoms with E-state index in [0.29, 0.717) is 0 Å². The van der Waals surface area contributed by atoms with Crippen LogP contribution in [0.2, 0.25) is 0 Å². The van der Waals surface area contributed by atoms with Gasteiger partial charge in [0.25, 0.3) is 0 Å². The summed E-state index contributed by atoms with van der Waals surface area (Å²) in [6, 6.07) is -0.732. The van der Waals surface area contributed by atoms with E-state index in [4.69, 9.17) is 19.9 Å². The van der Waals surface area contributed by atoms with Gasteiger partial charge in [0.1, 0.15) is 18.3 Å². The molecule has 126 valence electrons. The maximum Gasteiger partial charge on any atom is 0.176 e. The summed E-state index contributed by atoms with van der Waals surface area (Å²) in [6.07, 6.45) is -2.32. The summed E-state index contributed by atoms with van der Waals surface area (Å²) in [7, 11) is 0. The van der Waals surface area contributed by atoms with Crippen molar-refractivity contribution in [2.24, 2.45) is 5.73 Å². The van der Waals surface area contributed by atoms with Gasteiger partial charge in [0.05, 0.1) is 23.9 Å². The van der Waals surface area contributed by atoms with Crippen LogP contribution in [0.5, 0.6) is 0 Å². The van der Waals surface area contributed by atoms with E-state index in [0.717, 1.165) is 6.42 Å². The Kier molecular flexibility index (Phi) is 6.17. The highest BCUT2D eigenvalue weighted by atomic mass is 16.7. The van der Waals surface area contributed by atoms with Crippen molar-refractivity contribution >= 4 is 0 Å². The molecule has 0 spiro atoms. The molecule has 0 aromatic heterocycles. The third-order valence-corrected chi connectivity index (χ3v) is 3.68. The molecule has 0 amide bonds. The van der Waals surface area contributed by atoms with Crippen molar-refractivity contribution < 1.29 is 24.4 Å². The quantitative estimate of drug-likeness (QED) is 0.695. The highest BCUT2D eigenvalue weighted by Gasteiger charge is 2.47. The first-order valence-electron chi connectivity index (χ1n) is 7.56. The smallest absolute Gasteiger partial charge is 0.176 e. The second-order valence-electron chi connectivity index (χ2n) is 7.22. The molecule has 0 radical (unpaired) electrons. The number of ether oxygens (including phenoxy) is 3. The average molecular weight is 305 g/mol. The van der Waals surface area contributed by atoms with Gasteiger partial charge in [-0.3, -0.25) is 0 Å². The molecule has 1 heterocycles. The third kappa shape index (κ3) is 5.16. The van der Waals surface area contributed by atoms with Crippen LogP contribution in [0.25, 0.3) is 0 Å². The average Bonchev–Trinajstić information content (AvgIpc) is 2.37. The summed E-state index contributed by atoms with van der Waals surface area (Å²) in [5.41, 5.74) is 5.15. The summed E-state index contributed by atoms with van der Waals surface area (Å²) < 4.78 is 17.4. The monoisotopic (exact) mass is 305 g/mol. The summed E-state index contributed by atoms with van der Waals surface area (Å²) in [4.78, 5) is 0. The lowest BCUT2D eigenvalue weighted by Crippen LogP contribution is -2.65. The van der Waals surface area contributed by atoms with Crippen LogP contribution in [0.1, 0.15) is 48.0 Å². The first-order valence-corrected chi connectivity index (χ1v) is 7.56. The molecule has 6 nitrogen and oxygen atoms in total. The number of aliphatic hydroxyl groups is 2. The molecule has 1 aliphatic heterocycles. The molecule has 1 aliphatic rings. The molecule has 6 heteroatoms. The molecule has 21 heavy (non-hydrogen) atoms. The van der Waals surface area contributed by atoms with Gasteiger partial charge in [0.2, 0.25) is 0 Å². The molecule has 0 aromatic carbocycles. The predicted octanol–water partition coefficient (Wildman–Crippen LogP) is 0.781. The van der Waals surface area contributed by atoms with E-state index in [9.17, 15) is 10.2 Å². The van der Waals surface area contributed by atoms with Crippen molar-refractivity contribution in [3.05, 3.63) is 0 Å². The second-order valence-corrected chi connectivity index (χ2v) is 7.22. The fourth-order valence-electron chi connectivity index (χ4n) is 2.14. The first kappa shape index (κ1) is 18.8. The van der Waals surface area contributed by atoms with E-state index in [-0.39, 0.29) is 6.61 Å². The van der Waals surface area contributed by atoms with Crippen LogP contribution in [-0.4, -0.2) is 58.7 Å². The number of nitrogens with two attached hydrogens (primary N) is 1. The van der Waals surface area contributed by atoms with E-state index < -0.39 is 41.8 Å². The minimum Gasteiger partial charge on any atom is -0.394 e. The Hall–Kier alpha value is -0.240. The van der Waals surface area contributed by atoms with Crippen LogP contribution in [0.3, 0.4) is 0 Å². The SMILES string of the molecule is CCC(C)(C)OC1C(CO)OC(OC(C)(C)C)C(N)C1O. The van der Waals surface area contributed by atoms with Crippen LogP contribution < -0.4 is 5.73 Å². The summed E-state index contributed by atoms with van der Waals surface area (Å²) in [6.45, 7) is 11.2. The summed E-state index contributed by atoms with van der Waals surface area (Å²) in [5.74, 6) is 0. The molecule has 1 rings (SSSR count). The molecule has 1 fully saturated rings. The molecule has 0 aliphatic carbocycles. The van der Waals surface area contributed by atoms with Crippen molar-refractivity contribution in [2.45, 2.75) is 89.8 Å². The zero-order valence-corrected chi connectivity index (χ0v) is 14.0. The predicted molar refractivity (Wildman–Crippen MR) is 79.8 cm³/mol. The lowest BCUT2D eigenvalue weighted by molar-refractivity contribution is -0.306. The Morgan fingerprint density at radius 3 is 2.14 bits per heavy atom. The van der Waals surface area contributed by atoms with Gasteiger partial charge < -0.3 is 30.2 Å². The normalized spacial score (nSPS) is 35.0. The first-order chi connectivity index (χ1) is 9.50. The molecule has 4 N–H and O–H groups in total. The zero-order chi connectivity index (χ0) is 16.4. The van der Waals surface area contributed by atoms with Crippen molar-refractivity contribution in [3.8, 4) is 0 Å². The van der Waals surface area contributed by atoms with Gasteiger partial charge in [0.15, 0.2) is 6.29 Å². The second kappa shape index (κ2) is 6.89. The van der Waals surface area contributed by atoms with Gasteiger partial charge in [-0.05, 0) is 41.0 Å². The number of rotatable bonds is 5. The van der Waals surface area contributed by atoms with Gasteiger partial charge in [-0.2, -0.15) is 0 Å². The fourth-order valence-corrected chi connectivity index (χ4v) is 2.14. The Labute approximate surface area is 127 Å². The van der Waals surface area contributed by atoms with Gasteiger partial charge in [0, 0.05) is 0 Å². The highest BCUT2D eigenvalue weighted by molar-refractivity contribution is 4.94.